The SMILES string of the molecule is CC(=O)N1Cc2cc(-c3ccccc3)c(F)cc2/C=C\c2ccc([N+](=O)[O-])cc21. The Morgan fingerprint density at radius 3 is 2.45 bits per heavy atom. The van der Waals surface area contributed by atoms with Crippen LogP contribution in [0.25, 0.3) is 23.3 Å². The van der Waals surface area contributed by atoms with Gasteiger partial charge in [-0.15, -0.1) is 0 Å². The quantitative estimate of drug-likeness (QED) is 0.434. The maximum absolute atomic E-state index is 14.8. The lowest BCUT2D eigenvalue weighted by Crippen LogP contribution is -2.29. The molecule has 0 aliphatic carbocycles. The van der Waals surface area contributed by atoms with Crippen LogP contribution in [-0.4, -0.2) is 10.8 Å². The zero-order valence-corrected chi connectivity index (χ0v) is 15.6. The van der Waals surface area contributed by atoms with E-state index in [0.29, 0.717) is 22.4 Å². The highest BCUT2D eigenvalue weighted by Gasteiger charge is 2.22. The van der Waals surface area contributed by atoms with E-state index < -0.39 is 4.92 Å². The van der Waals surface area contributed by atoms with Crippen molar-refractivity contribution in [3.8, 4) is 11.1 Å². The van der Waals surface area contributed by atoms with Crippen molar-refractivity contribution in [2.75, 3.05) is 4.90 Å². The van der Waals surface area contributed by atoms with Crippen molar-refractivity contribution in [3.05, 3.63) is 93.3 Å². The summed E-state index contributed by atoms with van der Waals surface area (Å²) in [5.74, 6) is -0.600. The van der Waals surface area contributed by atoms with Crippen LogP contribution in [0.2, 0.25) is 0 Å². The normalized spacial score (nSPS) is 13.7. The summed E-state index contributed by atoms with van der Waals surface area (Å²) in [7, 11) is 0. The standard InChI is InChI=1S/C23H17FN2O3/c1-15(27)25-14-19-11-21(16-5-3-2-4-6-16)22(24)12-18(19)8-7-17-9-10-20(26(28)29)13-23(17)25/h2-13H,14H2,1H3/b8-7-. The second-order valence-electron chi connectivity index (χ2n) is 6.84. The molecule has 1 aliphatic rings. The van der Waals surface area contributed by atoms with E-state index in [0.717, 1.165) is 11.1 Å². The lowest BCUT2D eigenvalue weighted by Gasteiger charge is -2.26. The number of carbonyl (C=O) groups is 1. The molecule has 4 rings (SSSR count). The van der Waals surface area contributed by atoms with Gasteiger partial charge in [0, 0.05) is 24.6 Å². The van der Waals surface area contributed by atoms with Crippen molar-refractivity contribution in [2.24, 2.45) is 0 Å². The van der Waals surface area contributed by atoms with Gasteiger partial charge in [0.25, 0.3) is 5.69 Å². The maximum atomic E-state index is 14.8. The fraction of sp³-hybridized carbons (Fsp3) is 0.0870. The Bertz CT molecular complexity index is 1160. The third kappa shape index (κ3) is 3.52. The topological polar surface area (TPSA) is 63.5 Å². The lowest BCUT2D eigenvalue weighted by atomic mass is 9.95. The Balaban J connectivity index is 1.88. The smallest absolute Gasteiger partial charge is 0.271 e. The predicted octanol–water partition coefficient (Wildman–Crippen LogP) is 5.44. The van der Waals surface area contributed by atoms with E-state index in [-0.39, 0.29) is 24.0 Å². The zero-order chi connectivity index (χ0) is 20.5. The van der Waals surface area contributed by atoms with Crippen LogP contribution < -0.4 is 4.90 Å². The second-order valence-corrected chi connectivity index (χ2v) is 6.84. The number of benzene rings is 3. The molecule has 0 saturated carbocycles. The van der Waals surface area contributed by atoms with Crippen molar-refractivity contribution >= 4 is 29.4 Å². The van der Waals surface area contributed by atoms with E-state index in [4.69, 9.17) is 0 Å². The van der Waals surface area contributed by atoms with Crippen LogP contribution in [0, 0.1) is 15.9 Å². The molecule has 3 aromatic carbocycles. The Kier molecular flexibility index (Phi) is 4.68. The second kappa shape index (κ2) is 7.31. The molecule has 29 heavy (non-hydrogen) atoms. The van der Waals surface area contributed by atoms with Crippen molar-refractivity contribution in [2.45, 2.75) is 13.5 Å². The van der Waals surface area contributed by atoms with Gasteiger partial charge in [0.05, 0.1) is 17.2 Å². The summed E-state index contributed by atoms with van der Waals surface area (Å²) in [6, 6.07) is 16.8. The summed E-state index contributed by atoms with van der Waals surface area (Å²) in [5, 5.41) is 11.2. The van der Waals surface area contributed by atoms with Gasteiger partial charge < -0.3 is 4.90 Å². The van der Waals surface area contributed by atoms with E-state index in [2.05, 4.69) is 0 Å². The molecule has 1 aliphatic heterocycles. The number of non-ortho nitro benzene ring substituents is 1. The molecule has 0 unspecified atom stereocenters. The highest BCUT2D eigenvalue weighted by molar-refractivity contribution is 5.96. The molecular formula is C23H17FN2O3. The molecule has 0 fully saturated rings. The van der Waals surface area contributed by atoms with Gasteiger partial charge in [-0.25, -0.2) is 4.39 Å². The number of anilines is 1. The number of nitro groups is 1. The number of hydrogen-bond acceptors (Lipinski definition) is 3. The summed E-state index contributed by atoms with van der Waals surface area (Å²) in [6.45, 7) is 1.60. The first-order valence-electron chi connectivity index (χ1n) is 9.06. The molecule has 0 saturated heterocycles. The van der Waals surface area contributed by atoms with Crippen LogP contribution >= 0.6 is 0 Å². The zero-order valence-electron chi connectivity index (χ0n) is 15.6. The molecule has 6 heteroatoms. The molecule has 144 valence electrons. The van der Waals surface area contributed by atoms with Crippen LogP contribution in [-0.2, 0) is 11.3 Å². The molecule has 0 aromatic heterocycles. The van der Waals surface area contributed by atoms with E-state index in [1.807, 2.05) is 30.3 Å². The lowest BCUT2D eigenvalue weighted by molar-refractivity contribution is -0.384. The molecule has 3 aromatic rings. The van der Waals surface area contributed by atoms with E-state index in [1.165, 1.54) is 30.0 Å². The fourth-order valence-corrected chi connectivity index (χ4v) is 3.50. The highest BCUT2D eigenvalue weighted by atomic mass is 19.1. The minimum atomic E-state index is -0.488. The van der Waals surface area contributed by atoms with E-state index in [1.54, 1.807) is 24.3 Å². The number of carbonyl (C=O) groups excluding carboxylic acids is 1. The number of halogens is 1. The fourth-order valence-electron chi connectivity index (χ4n) is 3.50. The minimum Gasteiger partial charge on any atom is -0.307 e. The van der Waals surface area contributed by atoms with Crippen LogP contribution in [0.15, 0.2) is 60.7 Å². The van der Waals surface area contributed by atoms with Gasteiger partial charge in [-0.3, -0.25) is 14.9 Å². The summed E-state index contributed by atoms with van der Waals surface area (Å²) in [4.78, 5) is 24.6. The van der Waals surface area contributed by atoms with Crippen LogP contribution in [0.5, 0.6) is 0 Å². The molecule has 0 N–H and O–H groups in total. The largest absolute Gasteiger partial charge is 0.307 e. The highest BCUT2D eigenvalue weighted by Crippen LogP contribution is 2.34. The van der Waals surface area contributed by atoms with Crippen LogP contribution in [0.4, 0.5) is 15.8 Å². The van der Waals surface area contributed by atoms with Gasteiger partial charge in [-0.1, -0.05) is 42.5 Å². The molecule has 0 radical (unpaired) electrons. The number of nitrogens with zero attached hydrogens (tertiary/aromatic N) is 2. The molecular weight excluding hydrogens is 371 g/mol. The van der Waals surface area contributed by atoms with Crippen molar-refractivity contribution in [1.82, 2.24) is 0 Å². The summed E-state index contributed by atoms with van der Waals surface area (Å²) < 4.78 is 14.8. The number of fused-ring (bicyclic) bond motifs is 2. The Morgan fingerprint density at radius 1 is 1.03 bits per heavy atom. The summed E-state index contributed by atoms with van der Waals surface area (Å²) >= 11 is 0. The molecule has 1 heterocycles. The number of hydrogen-bond donors (Lipinski definition) is 0. The van der Waals surface area contributed by atoms with Gasteiger partial charge in [0.15, 0.2) is 0 Å². The number of rotatable bonds is 2. The van der Waals surface area contributed by atoms with Crippen molar-refractivity contribution < 1.29 is 14.1 Å². The Hall–Kier alpha value is -3.80. The van der Waals surface area contributed by atoms with Crippen LogP contribution in [0.1, 0.15) is 23.6 Å². The number of nitro benzene ring substituents is 1. The van der Waals surface area contributed by atoms with Gasteiger partial charge in [0.2, 0.25) is 5.91 Å². The number of amides is 1. The molecule has 5 nitrogen and oxygen atoms in total. The summed E-state index contributed by atoms with van der Waals surface area (Å²) in [5.41, 5.74) is 3.63. The molecule has 0 atom stereocenters. The van der Waals surface area contributed by atoms with E-state index in [9.17, 15) is 19.3 Å². The first kappa shape index (κ1) is 18.6. The van der Waals surface area contributed by atoms with Crippen molar-refractivity contribution in [3.63, 3.8) is 0 Å². The first-order valence-corrected chi connectivity index (χ1v) is 9.06. The summed E-state index contributed by atoms with van der Waals surface area (Å²) in [6.07, 6.45) is 3.52. The third-order valence-electron chi connectivity index (χ3n) is 4.98. The molecule has 0 bridgehead atoms. The van der Waals surface area contributed by atoms with Gasteiger partial charge in [-0.2, -0.15) is 0 Å². The average molecular weight is 388 g/mol. The van der Waals surface area contributed by atoms with Gasteiger partial charge >= 0.3 is 0 Å². The Labute approximate surface area is 166 Å². The minimum absolute atomic E-state index is 0.0896. The average Bonchev–Trinajstić information content (AvgIpc) is 2.70. The monoisotopic (exact) mass is 388 g/mol. The molecule has 1 amide bonds. The first-order chi connectivity index (χ1) is 13.9. The molecule has 0 spiro atoms. The van der Waals surface area contributed by atoms with Gasteiger partial charge in [0.1, 0.15) is 5.82 Å². The predicted molar refractivity (Wildman–Crippen MR) is 111 cm³/mol. The third-order valence-corrected chi connectivity index (χ3v) is 4.98. The van der Waals surface area contributed by atoms with E-state index >= 15 is 0 Å². The van der Waals surface area contributed by atoms with Crippen LogP contribution in [0.3, 0.4) is 0 Å². The Morgan fingerprint density at radius 2 is 1.76 bits per heavy atom. The van der Waals surface area contributed by atoms with Gasteiger partial charge in [-0.05, 0) is 40.5 Å². The maximum Gasteiger partial charge on any atom is 0.271 e. The van der Waals surface area contributed by atoms with Crippen molar-refractivity contribution in [1.29, 1.82) is 0 Å².